The summed E-state index contributed by atoms with van der Waals surface area (Å²) < 4.78 is 22.2. The van der Waals surface area contributed by atoms with E-state index in [9.17, 15) is 4.39 Å². The van der Waals surface area contributed by atoms with Gasteiger partial charge in [0.2, 0.25) is 5.95 Å². The molecular weight excluding hydrogens is 431 g/mol. The zero-order valence-corrected chi connectivity index (χ0v) is 19.6. The molecule has 1 aliphatic rings. The summed E-state index contributed by atoms with van der Waals surface area (Å²) in [6.07, 6.45) is 5.16. The molecule has 4 heterocycles. The van der Waals surface area contributed by atoms with Crippen LogP contribution in [0, 0.1) is 11.9 Å². The molecule has 4 N–H and O–H groups in total. The maximum Gasteiger partial charge on any atom is 0.224 e. The summed E-state index contributed by atoms with van der Waals surface area (Å²) in [5, 5.41) is 1.93. The van der Waals surface area contributed by atoms with Crippen molar-refractivity contribution < 1.29 is 9.13 Å². The van der Waals surface area contributed by atoms with Gasteiger partial charge in [-0.25, -0.2) is 10.8 Å². The molecule has 34 heavy (non-hydrogen) atoms. The van der Waals surface area contributed by atoms with Crippen molar-refractivity contribution in [3.05, 3.63) is 78.1 Å². The molecule has 0 saturated carbocycles. The highest BCUT2D eigenvalue weighted by molar-refractivity contribution is 6.06. The SMILES string of the molecule is C/C(N)=C(\c1cnc2c3c(F)nccc3n(CC3CCOCC3)c2c1)N(C)N.c1ccccc1. The Bertz CT molecular complexity index is 1250. The second-order valence-electron chi connectivity index (χ2n) is 8.55. The van der Waals surface area contributed by atoms with Crippen LogP contribution in [-0.4, -0.2) is 39.8 Å². The Morgan fingerprint density at radius 3 is 2.35 bits per heavy atom. The number of rotatable bonds is 4. The third kappa shape index (κ3) is 5.03. The molecule has 3 aromatic heterocycles. The van der Waals surface area contributed by atoms with Crippen LogP contribution in [-0.2, 0) is 11.3 Å². The van der Waals surface area contributed by atoms with Gasteiger partial charge in [-0.1, -0.05) is 36.4 Å². The smallest absolute Gasteiger partial charge is 0.224 e. The van der Waals surface area contributed by atoms with Crippen LogP contribution in [0.25, 0.3) is 27.6 Å². The van der Waals surface area contributed by atoms with Gasteiger partial charge in [-0.2, -0.15) is 4.39 Å². The van der Waals surface area contributed by atoms with Crippen LogP contribution >= 0.6 is 0 Å². The fourth-order valence-corrected chi connectivity index (χ4v) is 4.46. The molecule has 178 valence electrons. The van der Waals surface area contributed by atoms with Crippen molar-refractivity contribution in [1.82, 2.24) is 19.5 Å². The Kier molecular flexibility index (Phi) is 7.40. The molecule has 4 aromatic rings. The van der Waals surface area contributed by atoms with E-state index in [0.29, 0.717) is 28.2 Å². The number of pyridine rings is 2. The van der Waals surface area contributed by atoms with Gasteiger partial charge in [-0.05, 0) is 37.8 Å². The number of halogens is 1. The predicted molar refractivity (Wildman–Crippen MR) is 134 cm³/mol. The molecule has 0 unspecified atom stereocenters. The molecule has 0 atom stereocenters. The maximum absolute atomic E-state index is 14.6. The lowest BCUT2D eigenvalue weighted by molar-refractivity contribution is 0.0619. The minimum Gasteiger partial charge on any atom is -0.401 e. The highest BCUT2D eigenvalue weighted by atomic mass is 19.1. The molecule has 7 nitrogen and oxygen atoms in total. The number of allylic oxidation sites excluding steroid dienone is 1. The number of ether oxygens (including phenoxy) is 1. The highest BCUT2D eigenvalue weighted by Gasteiger charge is 2.21. The molecule has 1 fully saturated rings. The van der Waals surface area contributed by atoms with Gasteiger partial charge in [0.05, 0.1) is 22.1 Å². The first-order valence-corrected chi connectivity index (χ1v) is 11.4. The normalized spacial score (nSPS) is 15.1. The molecule has 1 aliphatic heterocycles. The number of nitrogens with two attached hydrogens (primary N) is 2. The Balaban J connectivity index is 0.000000398. The van der Waals surface area contributed by atoms with Crippen LogP contribution in [0.2, 0.25) is 0 Å². The molecule has 0 amide bonds. The monoisotopic (exact) mass is 462 g/mol. The van der Waals surface area contributed by atoms with Gasteiger partial charge in [0, 0.05) is 50.5 Å². The standard InChI is InChI=1S/C20H25FN6O.C6H6/c1-12(22)19(26(2)23)14-9-16-18(25-10-14)17-15(3-6-24-20(17)21)27(16)11-13-4-7-28-8-5-13;1-2-4-6-5-3-1/h3,6,9-10,13H,4-5,7-8,11,22-23H2,1-2H3;1-6H/b19-12-;. The van der Waals surface area contributed by atoms with E-state index in [2.05, 4.69) is 14.5 Å². The van der Waals surface area contributed by atoms with E-state index in [0.717, 1.165) is 49.2 Å². The third-order valence-corrected chi connectivity index (χ3v) is 6.02. The zero-order chi connectivity index (χ0) is 24.1. The number of hydrogen-bond donors (Lipinski definition) is 2. The van der Waals surface area contributed by atoms with E-state index < -0.39 is 5.95 Å². The first-order chi connectivity index (χ1) is 16.5. The van der Waals surface area contributed by atoms with E-state index in [-0.39, 0.29) is 0 Å². The van der Waals surface area contributed by atoms with Gasteiger partial charge in [0.15, 0.2) is 0 Å². The lowest BCUT2D eigenvalue weighted by Crippen LogP contribution is -2.26. The maximum atomic E-state index is 14.6. The molecular formula is C26H31FN6O. The Hall–Kier alpha value is -3.49. The molecule has 0 radical (unpaired) electrons. The minimum absolute atomic E-state index is 0.451. The van der Waals surface area contributed by atoms with E-state index >= 15 is 0 Å². The average molecular weight is 463 g/mol. The van der Waals surface area contributed by atoms with Crippen molar-refractivity contribution >= 4 is 27.6 Å². The number of hydrogen-bond acceptors (Lipinski definition) is 6. The minimum atomic E-state index is -0.504. The van der Waals surface area contributed by atoms with Gasteiger partial charge < -0.3 is 20.0 Å². The van der Waals surface area contributed by atoms with E-state index in [1.807, 2.05) is 48.5 Å². The predicted octanol–water partition coefficient (Wildman–Crippen LogP) is 4.29. The van der Waals surface area contributed by atoms with Crippen LogP contribution in [0.4, 0.5) is 4.39 Å². The topological polar surface area (TPSA) is 95.2 Å². The first kappa shape index (κ1) is 23.7. The van der Waals surface area contributed by atoms with E-state index in [4.69, 9.17) is 16.3 Å². The first-order valence-electron chi connectivity index (χ1n) is 11.4. The second-order valence-corrected chi connectivity index (χ2v) is 8.55. The Morgan fingerprint density at radius 2 is 1.76 bits per heavy atom. The fraction of sp³-hybridized carbons (Fsp3) is 0.308. The van der Waals surface area contributed by atoms with Gasteiger partial charge in [-0.15, -0.1) is 0 Å². The highest BCUT2D eigenvalue weighted by Crippen LogP contribution is 2.32. The quantitative estimate of drug-likeness (QED) is 0.267. The summed E-state index contributed by atoms with van der Waals surface area (Å²) in [7, 11) is 1.73. The van der Waals surface area contributed by atoms with Crippen LogP contribution in [0.15, 0.2) is 66.6 Å². The second kappa shape index (κ2) is 10.6. The van der Waals surface area contributed by atoms with Crippen molar-refractivity contribution in [2.45, 2.75) is 26.3 Å². The lowest BCUT2D eigenvalue weighted by Gasteiger charge is -2.23. The van der Waals surface area contributed by atoms with Gasteiger partial charge in [-0.3, -0.25) is 4.98 Å². The van der Waals surface area contributed by atoms with Crippen molar-refractivity contribution in [1.29, 1.82) is 0 Å². The summed E-state index contributed by atoms with van der Waals surface area (Å²) >= 11 is 0. The van der Waals surface area contributed by atoms with Crippen molar-refractivity contribution in [3.8, 4) is 0 Å². The van der Waals surface area contributed by atoms with Crippen molar-refractivity contribution in [3.63, 3.8) is 0 Å². The Labute approximate surface area is 198 Å². The van der Waals surface area contributed by atoms with Crippen LogP contribution in [0.3, 0.4) is 0 Å². The van der Waals surface area contributed by atoms with Gasteiger partial charge in [0.1, 0.15) is 5.52 Å². The molecule has 0 bridgehead atoms. The molecule has 1 saturated heterocycles. The number of fused-ring (bicyclic) bond motifs is 3. The Morgan fingerprint density at radius 1 is 1.12 bits per heavy atom. The summed E-state index contributed by atoms with van der Waals surface area (Å²) in [6.45, 7) is 4.10. The molecule has 0 spiro atoms. The van der Waals surface area contributed by atoms with Crippen LogP contribution in [0.5, 0.6) is 0 Å². The van der Waals surface area contributed by atoms with Gasteiger partial charge in [0.25, 0.3) is 0 Å². The molecule has 8 heteroatoms. The lowest BCUT2D eigenvalue weighted by atomic mass is 10.0. The fourth-order valence-electron chi connectivity index (χ4n) is 4.46. The third-order valence-electron chi connectivity index (χ3n) is 6.02. The zero-order valence-electron chi connectivity index (χ0n) is 19.6. The van der Waals surface area contributed by atoms with Crippen molar-refractivity contribution in [2.24, 2.45) is 17.5 Å². The molecule has 5 rings (SSSR count). The largest absolute Gasteiger partial charge is 0.401 e. The number of aromatic nitrogens is 3. The van der Waals surface area contributed by atoms with Crippen LogP contribution < -0.4 is 11.6 Å². The van der Waals surface area contributed by atoms with Crippen LogP contribution in [0.1, 0.15) is 25.3 Å². The average Bonchev–Trinajstić information content (AvgIpc) is 3.15. The molecule has 0 aliphatic carbocycles. The molecule has 1 aromatic carbocycles. The number of benzene rings is 1. The number of hydrazine groups is 1. The number of nitrogens with zero attached hydrogens (tertiary/aromatic N) is 4. The summed E-state index contributed by atoms with van der Waals surface area (Å²) in [6, 6.07) is 15.8. The van der Waals surface area contributed by atoms with Gasteiger partial charge >= 0.3 is 0 Å². The summed E-state index contributed by atoms with van der Waals surface area (Å²) in [4.78, 5) is 8.41. The summed E-state index contributed by atoms with van der Waals surface area (Å²) in [5.74, 6) is 5.94. The van der Waals surface area contributed by atoms with E-state index in [1.165, 1.54) is 11.2 Å². The summed E-state index contributed by atoms with van der Waals surface area (Å²) in [5.41, 5.74) is 10.4. The van der Waals surface area contributed by atoms with Crippen molar-refractivity contribution in [2.75, 3.05) is 20.3 Å². The van der Waals surface area contributed by atoms with E-state index in [1.54, 1.807) is 20.2 Å².